The molecule has 0 aliphatic heterocycles. The van der Waals surface area contributed by atoms with E-state index in [1.54, 1.807) is 31.4 Å². The molecule has 0 radical (unpaired) electrons. The molecular weight excluding hydrogens is 416 g/mol. The van der Waals surface area contributed by atoms with Crippen LogP contribution < -0.4 is 15.4 Å². The molecule has 0 atom stereocenters. The first-order chi connectivity index (χ1) is 14.9. The average Bonchev–Trinajstić information content (AvgIpc) is 2.74. The number of halogens is 1. The minimum absolute atomic E-state index is 0.122. The van der Waals surface area contributed by atoms with Gasteiger partial charge in [0.2, 0.25) is 5.91 Å². The van der Waals surface area contributed by atoms with E-state index >= 15 is 0 Å². The molecule has 2 amide bonds. The molecule has 0 spiro atoms. The van der Waals surface area contributed by atoms with Crippen LogP contribution in [0.15, 0.2) is 54.9 Å². The summed E-state index contributed by atoms with van der Waals surface area (Å²) in [5.41, 5.74) is 2.23. The summed E-state index contributed by atoms with van der Waals surface area (Å²) >= 11 is 6.22. The van der Waals surface area contributed by atoms with Crippen LogP contribution in [0.2, 0.25) is 5.02 Å². The molecule has 3 aromatic rings. The van der Waals surface area contributed by atoms with Crippen LogP contribution in [0.4, 0.5) is 11.5 Å². The summed E-state index contributed by atoms with van der Waals surface area (Å²) < 4.78 is 5.17. The summed E-state index contributed by atoms with van der Waals surface area (Å²) in [6.45, 7) is 3.92. The maximum atomic E-state index is 12.8. The first kappa shape index (κ1) is 22.2. The summed E-state index contributed by atoms with van der Waals surface area (Å²) in [6, 6.07) is 13.8. The topological polar surface area (TPSA) is 93.2 Å². The largest absolute Gasteiger partial charge is 0.497 e. The third kappa shape index (κ3) is 6.02. The van der Waals surface area contributed by atoms with Gasteiger partial charge in [0.15, 0.2) is 0 Å². The van der Waals surface area contributed by atoms with E-state index in [1.807, 2.05) is 38.1 Å². The maximum absolute atomic E-state index is 12.8. The zero-order valence-corrected chi connectivity index (χ0v) is 18.2. The highest BCUT2D eigenvalue weighted by Gasteiger charge is 2.14. The Labute approximate surface area is 185 Å². The Hall–Kier alpha value is -3.45. The van der Waals surface area contributed by atoms with E-state index in [1.165, 1.54) is 6.33 Å². The van der Waals surface area contributed by atoms with Gasteiger partial charge in [0.25, 0.3) is 5.91 Å². The molecular formula is C23H23ClN4O3. The molecule has 7 nitrogen and oxygen atoms in total. The highest BCUT2D eigenvalue weighted by molar-refractivity contribution is 6.34. The van der Waals surface area contributed by atoms with Crippen molar-refractivity contribution in [3.8, 4) is 17.0 Å². The smallest absolute Gasteiger partial charge is 0.258 e. The zero-order chi connectivity index (χ0) is 22.4. The number of aromatic nitrogens is 2. The number of nitrogens with one attached hydrogen (secondary N) is 2. The van der Waals surface area contributed by atoms with Gasteiger partial charge in [0.05, 0.1) is 23.4 Å². The summed E-state index contributed by atoms with van der Waals surface area (Å²) in [5, 5.41) is 5.79. The van der Waals surface area contributed by atoms with Gasteiger partial charge in [0, 0.05) is 23.7 Å². The minimum atomic E-state index is -0.440. The molecule has 0 aliphatic rings. The number of amides is 2. The molecule has 2 aromatic carbocycles. The molecule has 2 N–H and O–H groups in total. The first-order valence-corrected chi connectivity index (χ1v) is 10.1. The number of carbonyl (C=O) groups is 2. The average molecular weight is 439 g/mol. The van der Waals surface area contributed by atoms with Gasteiger partial charge in [-0.2, -0.15) is 0 Å². The maximum Gasteiger partial charge on any atom is 0.258 e. The van der Waals surface area contributed by atoms with Gasteiger partial charge in [-0.25, -0.2) is 9.97 Å². The first-order valence-electron chi connectivity index (χ1n) is 9.73. The van der Waals surface area contributed by atoms with E-state index in [2.05, 4.69) is 20.6 Å². The third-order valence-electron chi connectivity index (χ3n) is 4.38. The van der Waals surface area contributed by atoms with Gasteiger partial charge in [-0.3, -0.25) is 9.59 Å². The van der Waals surface area contributed by atoms with Crippen molar-refractivity contribution in [3.05, 3.63) is 65.4 Å². The van der Waals surface area contributed by atoms with Crippen LogP contribution in [0.1, 0.15) is 30.6 Å². The number of methoxy groups -OCH3 is 1. The molecule has 0 saturated heterocycles. The Balaban J connectivity index is 1.76. The lowest BCUT2D eigenvalue weighted by atomic mass is 10.1. The standard InChI is InChI=1S/C23H23ClN4O3/c1-14(2)10-22(29)27-16-6-9-19(24)18(11-16)23(30)28-21-12-20(25-13-26-21)15-4-7-17(31-3)8-5-15/h4-9,11-14H,10H2,1-3H3,(H,27,29)(H,25,26,28,30). The van der Waals surface area contributed by atoms with Crippen molar-refractivity contribution < 1.29 is 14.3 Å². The lowest BCUT2D eigenvalue weighted by Gasteiger charge is -2.11. The number of hydrogen-bond acceptors (Lipinski definition) is 5. The molecule has 3 rings (SSSR count). The monoisotopic (exact) mass is 438 g/mol. The van der Waals surface area contributed by atoms with E-state index in [0.29, 0.717) is 23.6 Å². The number of anilines is 2. The van der Waals surface area contributed by atoms with Gasteiger partial charge in [0.1, 0.15) is 17.9 Å². The molecule has 0 bridgehead atoms. The van der Waals surface area contributed by atoms with Gasteiger partial charge >= 0.3 is 0 Å². The number of ether oxygens (including phenoxy) is 1. The van der Waals surface area contributed by atoms with Crippen molar-refractivity contribution >= 4 is 34.9 Å². The summed E-state index contributed by atoms with van der Waals surface area (Å²) in [5.74, 6) is 0.734. The van der Waals surface area contributed by atoms with Crippen molar-refractivity contribution in [3.63, 3.8) is 0 Å². The molecule has 8 heteroatoms. The molecule has 160 valence electrons. The second-order valence-electron chi connectivity index (χ2n) is 7.31. The fourth-order valence-electron chi connectivity index (χ4n) is 2.89. The highest BCUT2D eigenvalue weighted by atomic mass is 35.5. The molecule has 0 aliphatic carbocycles. The Bertz CT molecular complexity index is 1080. The van der Waals surface area contributed by atoms with Crippen molar-refractivity contribution in [2.75, 3.05) is 17.7 Å². The Morgan fingerprint density at radius 2 is 1.77 bits per heavy atom. The molecule has 0 unspecified atom stereocenters. The van der Waals surface area contributed by atoms with Gasteiger partial charge in [-0.1, -0.05) is 25.4 Å². The predicted molar refractivity (Wildman–Crippen MR) is 122 cm³/mol. The molecule has 0 saturated carbocycles. The normalized spacial score (nSPS) is 10.6. The van der Waals surface area contributed by atoms with Gasteiger partial charge in [-0.15, -0.1) is 0 Å². The fraction of sp³-hybridized carbons (Fsp3) is 0.217. The highest BCUT2D eigenvalue weighted by Crippen LogP contribution is 2.24. The van der Waals surface area contributed by atoms with Crippen LogP contribution in [0.3, 0.4) is 0 Å². The van der Waals surface area contributed by atoms with Crippen LogP contribution in [0.25, 0.3) is 11.3 Å². The van der Waals surface area contributed by atoms with Crippen molar-refractivity contribution in [2.45, 2.75) is 20.3 Å². The lowest BCUT2D eigenvalue weighted by Crippen LogP contribution is -2.16. The Morgan fingerprint density at radius 1 is 1.03 bits per heavy atom. The Morgan fingerprint density at radius 3 is 2.45 bits per heavy atom. The lowest BCUT2D eigenvalue weighted by molar-refractivity contribution is -0.116. The molecule has 1 heterocycles. The Kier molecular flexibility index (Phi) is 7.20. The second kappa shape index (κ2) is 10.0. The molecule has 1 aromatic heterocycles. The zero-order valence-electron chi connectivity index (χ0n) is 17.5. The van der Waals surface area contributed by atoms with Gasteiger partial charge in [-0.05, 0) is 48.4 Å². The molecule has 0 fully saturated rings. The van der Waals surface area contributed by atoms with E-state index < -0.39 is 5.91 Å². The van der Waals surface area contributed by atoms with E-state index in [-0.39, 0.29) is 22.4 Å². The molecule has 31 heavy (non-hydrogen) atoms. The summed E-state index contributed by atoms with van der Waals surface area (Å²) in [4.78, 5) is 33.2. The van der Waals surface area contributed by atoms with Crippen LogP contribution in [0.5, 0.6) is 5.75 Å². The van der Waals surface area contributed by atoms with Crippen LogP contribution in [-0.4, -0.2) is 28.9 Å². The van der Waals surface area contributed by atoms with Crippen LogP contribution in [0, 0.1) is 5.92 Å². The van der Waals surface area contributed by atoms with E-state index in [9.17, 15) is 9.59 Å². The second-order valence-corrected chi connectivity index (χ2v) is 7.72. The minimum Gasteiger partial charge on any atom is -0.497 e. The number of nitrogens with zero attached hydrogens (tertiary/aromatic N) is 2. The summed E-state index contributed by atoms with van der Waals surface area (Å²) in [7, 11) is 1.60. The van der Waals surface area contributed by atoms with E-state index in [0.717, 1.165) is 11.3 Å². The number of rotatable bonds is 7. The van der Waals surface area contributed by atoms with Crippen LogP contribution in [-0.2, 0) is 4.79 Å². The SMILES string of the molecule is COc1ccc(-c2cc(NC(=O)c3cc(NC(=O)CC(C)C)ccc3Cl)ncn2)cc1. The van der Waals surface area contributed by atoms with Crippen LogP contribution >= 0.6 is 11.6 Å². The third-order valence-corrected chi connectivity index (χ3v) is 4.71. The van der Waals surface area contributed by atoms with Crippen molar-refractivity contribution in [1.29, 1.82) is 0 Å². The van der Waals surface area contributed by atoms with E-state index in [4.69, 9.17) is 16.3 Å². The number of carbonyl (C=O) groups excluding carboxylic acids is 2. The van der Waals surface area contributed by atoms with Gasteiger partial charge < -0.3 is 15.4 Å². The summed E-state index contributed by atoms with van der Waals surface area (Å²) in [6.07, 6.45) is 1.76. The fourth-order valence-corrected chi connectivity index (χ4v) is 3.09. The van der Waals surface area contributed by atoms with Crippen molar-refractivity contribution in [2.24, 2.45) is 5.92 Å². The number of benzene rings is 2. The predicted octanol–water partition coefficient (Wildman–Crippen LogP) is 5.04. The number of hydrogen-bond donors (Lipinski definition) is 2. The quantitative estimate of drug-likeness (QED) is 0.538. The van der Waals surface area contributed by atoms with Crippen molar-refractivity contribution in [1.82, 2.24) is 9.97 Å².